The standard InChI is InChI=1S/C22H26N6O7S2/c1-36(31,32)27-10-8-17(9-11-27)25-22-24-13-16-4-7-20(30)28(21(16)26-22)14-19(29)23-12-15-2-5-18(6-3-15)37(33,34)35/h2-7,13,17H,8-12,14H2,1H3,(H,23,29)(H,24,25,26)(H,33,34,35). The number of carbonyl (C=O) groups is 1. The third kappa shape index (κ3) is 6.68. The van der Waals surface area contributed by atoms with E-state index in [4.69, 9.17) is 4.55 Å². The van der Waals surface area contributed by atoms with E-state index in [1.165, 1.54) is 45.5 Å². The van der Waals surface area contributed by atoms with E-state index in [1.54, 1.807) is 12.3 Å². The monoisotopic (exact) mass is 550 g/mol. The Morgan fingerprint density at radius 2 is 1.76 bits per heavy atom. The van der Waals surface area contributed by atoms with Crippen molar-refractivity contribution in [3.05, 3.63) is 58.5 Å². The number of benzene rings is 1. The van der Waals surface area contributed by atoms with Crippen LogP contribution in [-0.2, 0) is 38.0 Å². The largest absolute Gasteiger partial charge is 0.351 e. The van der Waals surface area contributed by atoms with Gasteiger partial charge in [-0.25, -0.2) is 17.7 Å². The Bertz CT molecular complexity index is 1580. The number of hydrogen-bond donors (Lipinski definition) is 3. The van der Waals surface area contributed by atoms with Crippen molar-refractivity contribution in [1.29, 1.82) is 0 Å². The van der Waals surface area contributed by atoms with Crippen LogP contribution in [0.15, 0.2) is 52.3 Å². The van der Waals surface area contributed by atoms with Crippen LogP contribution in [0.3, 0.4) is 0 Å². The number of rotatable bonds is 8. The number of amides is 1. The molecule has 0 unspecified atom stereocenters. The summed E-state index contributed by atoms with van der Waals surface area (Å²) in [7, 11) is -7.55. The summed E-state index contributed by atoms with van der Waals surface area (Å²) in [4.78, 5) is 33.7. The van der Waals surface area contributed by atoms with Gasteiger partial charge in [-0.15, -0.1) is 0 Å². The van der Waals surface area contributed by atoms with E-state index in [0.29, 0.717) is 36.9 Å². The van der Waals surface area contributed by atoms with Crippen molar-refractivity contribution in [3.63, 3.8) is 0 Å². The number of aromatic nitrogens is 3. The van der Waals surface area contributed by atoms with E-state index in [2.05, 4.69) is 20.6 Å². The minimum Gasteiger partial charge on any atom is -0.351 e. The highest BCUT2D eigenvalue weighted by Gasteiger charge is 2.25. The molecule has 1 aromatic carbocycles. The molecule has 0 aliphatic carbocycles. The normalized spacial score (nSPS) is 15.5. The lowest BCUT2D eigenvalue weighted by Gasteiger charge is -2.30. The number of anilines is 1. The molecule has 3 heterocycles. The van der Waals surface area contributed by atoms with E-state index in [0.717, 1.165) is 0 Å². The van der Waals surface area contributed by atoms with Gasteiger partial charge in [-0.1, -0.05) is 12.1 Å². The lowest BCUT2D eigenvalue weighted by atomic mass is 10.1. The number of fused-ring (bicyclic) bond motifs is 1. The molecule has 0 atom stereocenters. The molecule has 2 aromatic heterocycles. The van der Waals surface area contributed by atoms with Crippen molar-refractivity contribution in [2.24, 2.45) is 0 Å². The molecule has 0 saturated carbocycles. The highest BCUT2D eigenvalue weighted by atomic mass is 32.2. The van der Waals surface area contributed by atoms with E-state index in [-0.39, 0.29) is 35.6 Å². The first-order chi connectivity index (χ1) is 17.4. The molecule has 4 rings (SSSR count). The topological polar surface area (TPSA) is 181 Å². The van der Waals surface area contributed by atoms with E-state index in [1.807, 2.05) is 0 Å². The Balaban J connectivity index is 1.44. The fourth-order valence-electron chi connectivity index (χ4n) is 3.99. The molecule has 15 heteroatoms. The number of sulfonamides is 1. The zero-order chi connectivity index (χ0) is 26.8. The predicted molar refractivity (Wildman–Crippen MR) is 135 cm³/mol. The average Bonchev–Trinajstić information content (AvgIpc) is 2.84. The van der Waals surface area contributed by atoms with Crippen molar-refractivity contribution < 1.29 is 26.2 Å². The number of pyridine rings is 1. The Labute approximate surface area is 213 Å². The number of hydrogen-bond acceptors (Lipinski definition) is 9. The summed E-state index contributed by atoms with van der Waals surface area (Å²) in [6.45, 7) is 0.543. The summed E-state index contributed by atoms with van der Waals surface area (Å²) in [5, 5.41) is 6.42. The van der Waals surface area contributed by atoms with Gasteiger partial charge in [0.2, 0.25) is 21.9 Å². The smallest absolute Gasteiger partial charge is 0.294 e. The van der Waals surface area contributed by atoms with E-state index >= 15 is 0 Å². The first-order valence-electron chi connectivity index (χ1n) is 11.3. The fraction of sp³-hybridized carbons (Fsp3) is 0.364. The molecule has 0 spiro atoms. The molecule has 0 radical (unpaired) electrons. The molecular formula is C22H26N6O7S2. The first-order valence-corrected chi connectivity index (χ1v) is 14.6. The van der Waals surface area contributed by atoms with Crippen LogP contribution in [0.25, 0.3) is 11.0 Å². The second-order valence-electron chi connectivity index (χ2n) is 8.71. The number of carbonyl (C=O) groups excluding carboxylic acids is 1. The van der Waals surface area contributed by atoms with Gasteiger partial charge in [0.1, 0.15) is 12.2 Å². The van der Waals surface area contributed by atoms with Gasteiger partial charge < -0.3 is 10.6 Å². The van der Waals surface area contributed by atoms with E-state index in [9.17, 15) is 26.4 Å². The van der Waals surface area contributed by atoms with Gasteiger partial charge in [-0.3, -0.25) is 18.7 Å². The minimum absolute atomic E-state index is 0.0464. The maximum Gasteiger partial charge on any atom is 0.294 e. The summed E-state index contributed by atoms with van der Waals surface area (Å²) in [5.41, 5.74) is 0.444. The van der Waals surface area contributed by atoms with Crippen molar-refractivity contribution in [3.8, 4) is 0 Å². The first kappa shape index (κ1) is 26.7. The summed E-state index contributed by atoms with van der Waals surface area (Å²) in [5.74, 6) is -0.196. The van der Waals surface area contributed by atoms with Crippen molar-refractivity contribution in [2.75, 3.05) is 24.7 Å². The van der Waals surface area contributed by atoms with Crippen LogP contribution < -0.4 is 16.2 Å². The summed E-state index contributed by atoms with van der Waals surface area (Å²) >= 11 is 0. The predicted octanol–water partition coefficient (Wildman–Crippen LogP) is 0.191. The van der Waals surface area contributed by atoms with Crippen LogP contribution in [0.2, 0.25) is 0 Å². The average molecular weight is 551 g/mol. The van der Waals surface area contributed by atoms with Crippen LogP contribution >= 0.6 is 0 Å². The van der Waals surface area contributed by atoms with Crippen molar-refractivity contribution in [2.45, 2.75) is 36.9 Å². The van der Waals surface area contributed by atoms with Gasteiger partial charge in [0.25, 0.3) is 15.7 Å². The highest BCUT2D eigenvalue weighted by Crippen LogP contribution is 2.18. The van der Waals surface area contributed by atoms with Crippen LogP contribution in [-0.4, -0.2) is 71.5 Å². The Morgan fingerprint density at radius 3 is 2.38 bits per heavy atom. The molecule has 1 saturated heterocycles. The van der Waals surface area contributed by atoms with Gasteiger partial charge in [0.05, 0.1) is 11.2 Å². The summed E-state index contributed by atoms with van der Waals surface area (Å²) < 4.78 is 57.4. The third-order valence-corrected chi connectivity index (χ3v) is 8.16. The number of piperidine rings is 1. The summed E-state index contributed by atoms with van der Waals surface area (Å²) in [6.07, 6.45) is 3.87. The SMILES string of the molecule is CS(=O)(=O)N1CCC(Nc2ncc3ccc(=O)n(CC(=O)NCc4ccc(S(=O)(=O)O)cc4)c3n2)CC1. The van der Waals surface area contributed by atoms with Gasteiger partial charge in [0.15, 0.2) is 0 Å². The second-order valence-corrected chi connectivity index (χ2v) is 12.1. The number of nitrogens with zero attached hydrogens (tertiary/aromatic N) is 4. The lowest BCUT2D eigenvalue weighted by Crippen LogP contribution is -2.42. The van der Waals surface area contributed by atoms with Gasteiger partial charge >= 0.3 is 0 Å². The van der Waals surface area contributed by atoms with Crippen molar-refractivity contribution >= 4 is 43.0 Å². The molecule has 13 nitrogen and oxygen atoms in total. The lowest BCUT2D eigenvalue weighted by molar-refractivity contribution is -0.121. The summed E-state index contributed by atoms with van der Waals surface area (Å²) in [6, 6.07) is 8.20. The fourth-order valence-corrected chi connectivity index (χ4v) is 5.34. The molecule has 3 aromatic rings. The van der Waals surface area contributed by atoms with Gasteiger partial charge in [0, 0.05) is 43.3 Å². The molecular weight excluding hydrogens is 524 g/mol. The quantitative estimate of drug-likeness (QED) is 0.328. The Morgan fingerprint density at radius 1 is 1.08 bits per heavy atom. The van der Waals surface area contributed by atoms with Gasteiger partial charge in [-0.2, -0.15) is 13.4 Å². The van der Waals surface area contributed by atoms with E-state index < -0.39 is 31.6 Å². The zero-order valence-corrected chi connectivity index (χ0v) is 21.5. The molecule has 1 amide bonds. The molecule has 3 N–H and O–H groups in total. The van der Waals surface area contributed by atoms with Crippen LogP contribution in [0.5, 0.6) is 0 Å². The molecule has 198 valence electrons. The molecule has 37 heavy (non-hydrogen) atoms. The zero-order valence-electron chi connectivity index (χ0n) is 19.9. The van der Waals surface area contributed by atoms with Gasteiger partial charge in [-0.05, 0) is 36.6 Å². The third-order valence-electron chi connectivity index (χ3n) is 5.99. The Hall–Kier alpha value is -3.40. The van der Waals surface area contributed by atoms with Crippen LogP contribution in [0.1, 0.15) is 18.4 Å². The van der Waals surface area contributed by atoms with Crippen LogP contribution in [0, 0.1) is 0 Å². The van der Waals surface area contributed by atoms with Crippen LogP contribution in [0.4, 0.5) is 5.95 Å². The number of nitrogens with one attached hydrogen (secondary N) is 2. The maximum absolute atomic E-state index is 12.6. The molecule has 1 aliphatic rings. The molecule has 1 aliphatic heterocycles. The molecule has 1 fully saturated rings. The second kappa shape index (κ2) is 10.5. The highest BCUT2D eigenvalue weighted by molar-refractivity contribution is 7.88. The van der Waals surface area contributed by atoms with Crippen molar-refractivity contribution in [1.82, 2.24) is 24.2 Å². The minimum atomic E-state index is -4.31. The molecule has 0 bridgehead atoms. The Kier molecular flexibility index (Phi) is 7.59. The maximum atomic E-state index is 12.6.